The fourth-order valence-electron chi connectivity index (χ4n) is 3.48. The average molecular weight is 376 g/mol. The smallest absolute Gasteiger partial charge is 0.344 e. The highest BCUT2D eigenvalue weighted by Crippen LogP contribution is 2.45. The lowest BCUT2D eigenvalue weighted by Crippen LogP contribution is -2.48. The Morgan fingerprint density at radius 1 is 1.33 bits per heavy atom. The lowest BCUT2D eigenvalue weighted by molar-refractivity contribution is -0.146. The number of carbonyl (C=O) groups excluding carboxylic acids is 3. The van der Waals surface area contributed by atoms with Gasteiger partial charge in [0.15, 0.2) is 11.5 Å². The van der Waals surface area contributed by atoms with Crippen LogP contribution in [0.15, 0.2) is 12.1 Å². The number of carbonyl (C=O) groups is 3. The highest BCUT2D eigenvalue weighted by molar-refractivity contribution is 5.99. The number of rotatable bonds is 6. The molecule has 0 aliphatic carbocycles. The van der Waals surface area contributed by atoms with Crippen molar-refractivity contribution in [1.82, 2.24) is 10.2 Å². The van der Waals surface area contributed by atoms with E-state index >= 15 is 0 Å². The average Bonchev–Trinajstić information content (AvgIpc) is 3.20. The van der Waals surface area contributed by atoms with E-state index < -0.39 is 18.2 Å². The molecule has 0 spiro atoms. The van der Waals surface area contributed by atoms with Gasteiger partial charge in [0.05, 0.1) is 14.2 Å². The van der Waals surface area contributed by atoms with Crippen LogP contribution >= 0.6 is 0 Å². The van der Waals surface area contributed by atoms with Crippen molar-refractivity contribution >= 4 is 17.8 Å². The second kappa shape index (κ2) is 7.46. The molecule has 8 heteroatoms. The molecule has 0 saturated carbocycles. The molecule has 1 saturated heterocycles. The number of methoxy groups -OCH3 is 2. The molecule has 0 radical (unpaired) electrons. The monoisotopic (exact) mass is 376 g/mol. The summed E-state index contributed by atoms with van der Waals surface area (Å²) in [6.45, 7) is 3.87. The van der Waals surface area contributed by atoms with E-state index in [-0.39, 0.29) is 35.6 Å². The summed E-state index contributed by atoms with van der Waals surface area (Å²) in [7, 11) is 2.91. The molecular formula is C19H24N2O6. The molecule has 2 aliphatic heterocycles. The van der Waals surface area contributed by atoms with Crippen molar-refractivity contribution in [2.75, 3.05) is 14.2 Å². The van der Waals surface area contributed by atoms with Gasteiger partial charge in [-0.15, -0.1) is 0 Å². The van der Waals surface area contributed by atoms with Crippen molar-refractivity contribution in [2.45, 2.75) is 51.4 Å². The van der Waals surface area contributed by atoms with Crippen LogP contribution in [0.3, 0.4) is 0 Å². The third-order valence-corrected chi connectivity index (χ3v) is 5.08. The zero-order chi connectivity index (χ0) is 19.7. The minimum absolute atomic E-state index is 0.00202. The van der Waals surface area contributed by atoms with Gasteiger partial charge in [0.25, 0.3) is 0 Å². The van der Waals surface area contributed by atoms with Crippen LogP contribution in [-0.2, 0) is 14.3 Å². The zero-order valence-corrected chi connectivity index (χ0v) is 15.9. The highest BCUT2D eigenvalue weighted by atomic mass is 16.6. The van der Waals surface area contributed by atoms with Gasteiger partial charge in [-0.3, -0.25) is 14.5 Å². The molecule has 1 fully saturated rings. The van der Waals surface area contributed by atoms with Crippen molar-refractivity contribution in [3.8, 4) is 11.5 Å². The molecule has 0 bridgehead atoms. The van der Waals surface area contributed by atoms with E-state index in [4.69, 9.17) is 14.2 Å². The first-order valence-electron chi connectivity index (χ1n) is 9.00. The Bertz CT molecular complexity index is 778. The Kier molecular flexibility index (Phi) is 5.25. The molecule has 1 aromatic carbocycles. The van der Waals surface area contributed by atoms with Crippen molar-refractivity contribution in [2.24, 2.45) is 0 Å². The van der Waals surface area contributed by atoms with Crippen LogP contribution < -0.4 is 14.8 Å². The maximum absolute atomic E-state index is 12.7. The molecule has 8 nitrogen and oxygen atoms in total. The van der Waals surface area contributed by atoms with E-state index in [1.807, 2.05) is 13.8 Å². The number of esters is 1. The summed E-state index contributed by atoms with van der Waals surface area (Å²) in [4.78, 5) is 39.0. The Balaban J connectivity index is 1.96. The van der Waals surface area contributed by atoms with E-state index in [1.165, 1.54) is 19.1 Å². The number of amides is 2. The van der Waals surface area contributed by atoms with Gasteiger partial charge >= 0.3 is 5.97 Å². The van der Waals surface area contributed by atoms with Gasteiger partial charge in [0, 0.05) is 18.0 Å². The SMILES string of the molecule is CC[C@@H](C)NC(=O)[C@H]1CCC(=O)N1[C@H]1OC(=O)c2c1ccc(OC)c2OC. The summed E-state index contributed by atoms with van der Waals surface area (Å²) >= 11 is 0. The predicted octanol–water partition coefficient (Wildman–Crippen LogP) is 1.78. The predicted molar refractivity (Wildman–Crippen MR) is 95.5 cm³/mol. The first kappa shape index (κ1) is 19.0. The summed E-state index contributed by atoms with van der Waals surface area (Å²) in [5, 5.41) is 2.90. The molecule has 1 N–H and O–H groups in total. The maximum Gasteiger partial charge on any atom is 0.344 e. The van der Waals surface area contributed by atoms with Crippen molar-refractivity contribution in [1.29, 1.82) is 0 Å². The third-order valence-electron chi connectivity index (χ3n) is 5.08. The first-order valence-corrected chi connectivity index (χ1v) is 9.00. The van der Waals surface area contributed by atoms with Crippen LogP contribution in [-0.4, -0.2) is 49.0 Å². The second-order valence-electron chi connectivity index (χ2n) is 6.70. The van der Waals surface area contributed by atoms with Gasteiger partial charge in [-0.05, 0) is 31.9 Å². The van der Waals surface area contributed by atoms with Crippen LogP contribution in [0, 0.1) is 0 Å². The number of hydrogen-bond donors (Lipinski definition) is 1. The number of cyclic esters (lactones) is 1. The Morgan fingerprint density at radius 3 is 2.70 bits per heavy atom. The first-order chi connectivity index (χ1) is 12.9. The summed E-state index contributed by atoms with van der Waals surface area (Å²) in [5.41, 5.74) is 0.719. The van der Waals surface area contributed by atoms with Gasteiger partial charge in [-0.1, -0.05) is 6.92 Å². The molecule has 3 atom stereocenters. The van der Waals surface area contributed by atoms with Crippen LogP contribution in [0.4, 0.5) is 0 Å². The summed E-state index contributed by atoms with van der Waals surface area (Å²) in [6, 6.07) is 2.64. The maximum atomic E-state index is 12.7. The molecule has 3 rings (SSSR count). The largest absolute Gasteiger partial charge is 0.493 e. The Labute approximate surface area is 157 Å². The van der Waals surface area contributed by atoms with Gasteiger partial charge < -0.3 is 19.5 Å². The minimum atomic E-state index is -0.949. The highest BCUT2D eigenvalue weighted by Gasteiger charge is 2.47. The fourth-order valence-corrected chi connectivity index (χ4v) is 3.48. The molecule has 0 aromatic heterocycles. The fraction of sp³-hybridized carbons (Fsp3) is 0.526. The number of fused-ring (bicyclic) bond motifs is 1. The van der Waals surface area contributed by atoms with Crippen LogP contribution in [0.1, 0.15) is 55.3 Å². The number of ether oxygens (including phenoxy) is 3. The van der Waals surface area contributed by atoms with E-state index in [1.54, 1.807) is 12.1 Å². The van der Waals surface area contributed by atoms with Gasteiger partial charge in [0.2, 0.25) is 18.0 Å². The molecule has 0 unspecified atom stereocenters. The topological polar surface area (TPSA) is 94.2 Å². The standard InChI is InChI=1S/C19H24N2O6/c1-5-10(2)20-17(23)12-7-9-14(22)21(12)18-11-6-8-13(25-3)16(26-4)15(11)19(24)27-18/h6,8,10,12,18H,5,7,9H2,1-4H3,(H,20,23)/t10-,12-,18+/m1/s1. The van der Waals surface area contributed by atoms with Gasteiger partial charge in [-0.2, -0.15) is 0 Å². The molecule has 2 aliphatic rings. The van der Waals surface area contributed by atoms with E-state index in [9.17, 15) is 14.4 Å². The molecule has 146 valence electrons. The van der Waals surface area contributed by atoms with Crippen molar-refractivity contribution in [3.63, 3.8) is 0 Å². The minimum Gasteiger partial charge on any atom is -0.493 e. The molecule has 2 amide bonds. The molecular weight excluding hydrogens is 352 g/mol. The molecule has 27 heavy (non-hydrogen) atoms. The van der Waals surface area contributed by atoms with E-state index in [0.717, 1.165) is 6.42 Å². The van der Waals surface area contributed by atoms with Crippen LogP contribution in [0.25, 0.3) is 0 Å². The molecule has 2 heterocycles. The number of benzene rings is 1. The van der Waals surface area contributed by atoms with E-state index in [2.05, 4.69) is 5.32 Å². The van der Waals surface area contributed by atoms with Crippen molar-refractivity contribution < 1.29 is 28.6 Å². The van der Waals surface area contributed by atoms with Gasteiger partial charge in [-0.25, -0.2) is 4.79 Å². The number of nitrogens with one attached hydrogen (secondary N) is 1. The van der Waals surface area contributed by atoms with Crippen LogP contribution in [0.2, 0.25) is 0 Å². The summed E-state index contributed by atoms with van der Waals surface area (Å²) in [6.07, 6.45) is 0.451. The number of hydrogen-bond acceptors (Lipinski definition) is 6. The van der Waals surface area contributed by atoms with Gasteiger partial charge in [0.1, 0.15) is 11.6 Å². The van der Waals surface area contributed by atoms with E-state index in [0.29, 0.717) is 17.7 Å². The Morgan fingerprint density at radius 2 is 2.07 bits per heavy atom. The molecule has 1 aromatic rings. The summed E-state index contributed by atoms with van der Waals surface area (Å²) < 4.78 is 16.0. The van der Waals surface area contributed by atoms with Crippen LogP contribution in [0.5, 0.6) is 11.5 Å². The number of nitrogens with zero attached hydrogens (tertiary/aromatic N) is 1. The number of likely N-dealkylation sites (tertiary alicyclic amines) is 1. The second-order valence-corrected chi connectivity index (χ2v) is 6.70. The quantitative estimate of drug-likeness (QED) is 0.761. The van der Waals surface area contributed by atoms with Crippen molar-refractivity contribution in [3.05, 3.63) is 23.3 Å². The lowest BCUT2D eigenvalue weighted by atomic mass is 10.0. The zero-order valence-electron chi connectivity index (χ0n) is 15.9. The Hall–Kier alpha value is -2.77. The normalized spacial score (nSPS) is 22.3. The summed E-state index contributed by atoms with van der Waals surface area (Å²) in [5.74, 6) is -0.408. The lowest BCUT2D eigenvalue weighted by Gasteiger charge is -2.30. The third kappa shape index (κ3) is 3.20.